The quantitative estimate of drug-likeness (QED) is 0.754. The summed E-state index contributed by atoms with van der Waals surface area (Å²) in [6, 6.07) is 8.51. The van der Waals surface area contributed by atoms with Crippen LogP contribution in [0, 0.1) is 11.6 Å². The Hall–Kier alpha value is -2.25. The molecule has 0 bridgehead atoms. The van der Waals surface area contributed by atoms with Crippen LogP contribution in [0.15, 0.2) is 36.4 Å². The molecule has 0 aromatic heterocycles. The molecule has 8 heteroatoms. The van der Waals surface area contributed by atoms with E-state index in [4.69, 9.17) is 28.6 Å². The molecule has 0 aliphatic carbocycles. The largest absolute Gasteiger partial charge is 0.495 e. The van der Waals surface area contributed by atoms with Gasteiger partial charge in [-0.05, 0) is 48.1 Å². The van der Waals surface area contributed by atoms with Crippen molar-refractivity contribution in [2.24, 2.45) is 0 Å². The number of rotatable bonds is 4. The van der Waals surface area contributed by atoms with Crippen LogP contribution in [0.4, 0.5) is 14.5 Å². The molecule has 4 nitrogen and oxygen atoms in total. The van der Waals surface area contributed by atoms with Crippen molar-refractivity contribution >= 4 is 40.5 Å². The number of ether oxygens (including phenoxy) is 1. The summed E-state index contributed by atoms with van der Waals surface area (Å²) in [7, 11) is 1.50. The summed E-state index contributed by atoms with van der Waals surface area (Å²) in [4.78, 5) is 15.3. The van der Waals surface area contributed by atoms with Crippen molar-refractivity contribution in [1.82, 2.24) is 4.90 Å². The van der Waals surface area contributed by atoms with E-state index in [0.29, 0.717) is 22.0 Å². The first-order valence-electron chi connectivity index (χ1n) is 7.30. The molecular weight excluding hydrogens is 370 g/mol. The van der Waals surface area contributed by atoms with E-state index in [1.807, 2.05) is 0 Å². The van der Waals surface area contributed by atoms with E-state index in [1.54, 1.807) is 23.1 Å². The van der Waals surface area contributed by atoms with E-state index in [9.17, 15) is 13.6 Å². The predicted molar refractivity (Wildman–Crippen MR) is 94.9 cm³/mol. The maximum atomic E-state index is 13.4. The average molecular weight is 383 g/mol. The van der Waals surface area contributed by atoms with Gasteiger partial charge in [-0.15, -0.1) is 0 Å². The lowest BCUT2D eigenvalue weighted by Gasteiger charge is -2.21. The Morgan fingerprint density at radius 1 is 1.20 bits per heavy atom. The Balaban J connectivity index is 1.82. The minimum absolute atomic E-state index is 0.0431. The van der Waals surface area contributed by atoms with Crippen LogP contribution < -0.4 is 9.64 Å². The summed E-state index contributed by atoms with van der Waals surface area (Å²) < 4.78 is 31.5. The first kappa shape index (κ1) is 17.6. The third-order valence-electron chi connectivity index (χ3n) is 3.79. The Labute approximate surface area is 153 Å². The molecule has 1 aliphatic heterocycles. The van der Waals surface area contributed by atoms with Gasteiger partial charge in [0.15, 0.2) is 16.7 Å². The molecule has 25 heavy (non-hydrogen) atoms. The topological polar surface area (TPSA) is 32.8 Å². The van der Waals surface area contributed by atoms with Crippen LogP contribution in [0.2, 0.25) is 5.02 Å². The van der Waals surface area contributed by atoms with Crippen molar-refractivity contribution in [3.63, 3.8) is 0 Å². The highest BCUT2D eigenvalue weighted by molar-refractivity contribution is 7.80. The molecule has 0 N–H and O–H groups in total. The second kappa shape index (κ2) is 6.93. The summed E-state index contributed by atoms with van der Waals surface area (Å²) >= 11 is 11.5. The van der Waals surface area contributed by atoms with Gasteiger partial charge >= 0.3 is 0 Å². The summed E-state index contributed by atoms with van der Waals surface area (Å²) in [6.45, 7) is 0.240. The zero-order valence-electron chi connectivity index (χ0n) is 13.1. The Morgan fingerprint density at radius 3 is 2.60 bits per heavy atom. The number of carbonyl (C=O) groups excluding carboxylic acids is 1. The first-order valence-corrected chi connectivity index (χ1v) is 8.08. The van der Waals surface area contributed by atoms with Gasteiger partial charge in [-0.3, -0.25) is 9.69 Å². The SMILES string of the molecule is COc1ccc(N2C(=O)CN(Cc3ccc(F)c(F)c3)C2=S)cc1Cl. The third kappa shape index (κ3) is 3.43. The molecule has 1 saturated heterocycles. The molecule has 0 spiro atoms. The van der Waals surface area contributed by atoms with E-state index in [1.165, 1.54) is 18.1 Å². The molecule has 1 heterocycles. The fourth-order valence-electron chi connectivity index (χ4n) is 2.58. The van der Waals surface area contributed by atoms with E-state index >= 15 is 0 Å². The molecule has 1 fully saturated rings. The zero-order chi connectivity index (χ0) is 18.1. The van der Waals surface area contributed by atoms with Crippen molar-refractivity contribution < 1.29 is 18.3 Å². The normalized spacial score (nSPS) is 14.4. The van der Waals surface area contributed by atoms with Crippen LogP contribution in [0.3, 0.4) is 0 Å². The van der Waals surface area contributed by atoms with Gasteiger partial charge in [0, 0.05) is 6.54 Å². The lowest BCUT2D eigenvalue weighted by molar-refractivity contribution is -0.116. The fraction of sp³-hybridized carbons (Fsp3) is 0.176. The lowest BCUT2D eigenvalue weighted by Crippen LogP contribution is -2.32. The molecule has 0 atom stereocenters. The standard InChI is InChI=1S/C17H13ClF2N2O2S/c1-24-15-5-3-11(7-12(15)18)22-16(23)9-21(17(22)25)8-10-2-4-13(19)14(20)6-10/h2-7H,8-9H2,1H3. The van der Waals surface area contributed by atoms with Crippen molar-refractivity contribution in [3.8, 4) is 5.75 Å². The van der Waals surface area contributed by atoms with Gasteiger partial charge in [-0.25, -0.2) is 8.78 Å². The summed E-state index contributed by atoms with van der Waals surface area (Å²) in [6.07, 6.45) is 0. The molecule has 1 aliphatic rings. The van der Waals surface area contributed by atoms with E-state index in [2.05, 4.69) is 0 Å². The van der Waals surface area contributed by atoms with Gasteiger partial charge in [0.1, 0.15) is 12.3 Å². The Morgan fingerprint density at radius 2 is 1.96 bits per heavy atom. The van der Waals surface area contributed by atoms with Crippen LogP contribution in [0.5, 0.6) is 5.75 Å². The summed E-state index contributed by atoms with van der Waals surface area (Å²) in [5.74, 6) is -1.60. The minimum atomic E-state index is -0.937. The minimum Gasteiger partial charge on any atom is -0.495 e. The van der Waals surface area contributed by atoms with E-state index in [-0.39, 0.29) is 24.1 Å². The number of hydrogen-bond donors (Lipinski definition) is 0. The van der Waals surface area contributed by atoms with Gasteiger partial charge in [0.2, 0.25) is 0 Å². The van der Waals surface area contributed by atoms with Crippen molar-refractivity contribution in [3.05, 3.63) is 58.6 Å². The predicted octanol–water partition coefficient (Wildman–Crippen LogP) is 3.76. The van der Waals surface area contributed by atoms with Gasteiger partial charge in [-0.1, -0.05) is 17.7 Å². The molecule has 0 saturated carbocycles. The van der Waals surface area contributed by atoms with Gasteiger partial charge < -0.3 is 9.64 Å². The first-order chi connectivity index (χ1) is 11.9. The molecule has 3 rings (SSSR count). The van der Waals surface area contributed by atoms with Crippen LogP contribution in [-0.4, -0.2) is 29.6 Å². The highest BCUT2D eigenvalue weighted by Gasteiger charge is 2.34. The maximum Gasteiger partial charge on any atom is 0.252 e. The summed E-state index contributed by atoms with van der Waals surface area (Å²) in [5, 5.41) is 0.630. The highest BCUT2D eigenvalue weighted by Crippen LogP contribution is 2.31. The smallest absolute Gasteiger partial charge is 0.252 e. The number of nitrogens with zero attached hydrogens (tertiary/aromatic N) is 2. The molecule has 2 aromatic rings. The summed E-state index contributed by atoms with van der Waals surface area (Å²) in [5.41, 5.74) is 1.04. The number of amides is 1. The average Bonchev–Trinajstić information content (AvgIpc) is 2.85. The number of anilines is 1. The van der Waals surface area contributed by atoms with Crippen molar-refractivity contribution in [2.75, 3.05) is 18.6 Å². The number of methoxy groups -OCH3 is 1. The highest BCUT2D eigenvalue weighted by atomic mass is 35.5. The third-order valence-corrected chi connectivity index (χ3v) is 4.52. The number of benzene rings is 2. The van der Waals surface area contributed by atoms with Crippen molar-refractivity contribution in [1.29, 1.82) is 0 Å². The van der Waals surface area contributed by atoms with Gasteiger partial charge in [0.25, 0.3) is 5.91 Å². The van der Waals surface area contributed by atoms with Crippen LogP contribution in [0.1, 0.15) is 5.56 Å². The number of thiocarbonyl (C=S) groups is 1. The molecule has 0 radical (unpaired) electrons. The van der Waals surface area contributed by atoms with E-state index < -0.39 is 11.6 Å². The Bertz CT molecular complexity index is 863. The molecule has 0 unspecified atom stereocenters. The van der Waals surface area contributed by atoms with Gasteiger partial charge in [0.05, 0.1) is 17.8 Å². The van der Waals surface area contributed by atoms with Crippen LogP contribution in [0.25, 0.3) is 0 Å². The van der Waals surface area contributed by atoms with Gasteiger partial charge in [-0.2, -0.15) is 0 Å². The molecule has 1 amide bonds. The van der Waals surface area contributed by atoms with Crippen molar-refractivity contribution in [2.45, 2.75) is 6.54 Å². The molecular formula is C17H13ClF2N2O2S. The fourth-order valence-corrected chi connectivity index (χ4v) is 3.17. The molecule has 2 aromatic carbocycles. The number of hydrogen-bond acceptors (Lipinski definition) is 3. The second-order valence-electron chi connectivity index (χ2n) is 5.44. The number of halogens is 3. The zero-order valence-corrected chi connectivity index (χ0v) is 14.7. The van der Waals surface area contributed by atoms with Crippen LogP contribution in [-0.2, 0) is 11.3 Å². The van der Waals surface area contributed by atoms with Crippen LogP contribution >= 0.6 is 23.8 Å². The lowest BCUT2D eigenvalue weighted by atomic mass is 10.2. The molecule has 130 valence electrons. The van der Waals surface area contributed by atoms with E-state index in [0.717, 1.165) is 12.1 Å². The monoisotopic (exact) mass is 382 g/mol. The maximum absolute atomic E-state index is 13.4. The second-order valence-corrected chi connectivity index (χ2v) is 6.21. The Kier molecular flexibility index (Phi) is 4.87. The number of carbonyl (C=O) groups is 1.